The maximum atomic E-state index is 12.5. The van der Waals surface area contributed by atoms with E-state index in [9.17, 15) is 23.8 Å². The molecule has 11 nitrogen and oxygen atoms in total. The van der Waals surface area contributed by atoms with Crippen molar-refractivity contribution in [3.8, 4) is 0 Å². The average molecular weight is 706 g/mol. The number of carbonyl (C=O) groups is 3. The Kier molecular flexibility index (Phi) is 31.2. The van der Waals surface area contributed by atoms with Gasteiger partial charge in [0.05, 0.1) is 13.2 Å². The highest BCUT2D eigenvalue weighted by atomic mass is 31.2. The monoisotopic (exact) mass is 705 g/mol. The fourth-order valence-corrected chi connectivity index (χ4v) is 5.78. The van der Waals surface area contributed by atoms with Gasteiger partial charge in [0.25, 0.3) is 0 Å². The van der Waals surface area contributed by atoms with Gasteiger partial charge in [0, 0.05) is 12.8 Å². The summed E-state index contributed by atoms with van der Waals surface area (Å²) in [6.45, 7) is 2.74. The van der Waals surface area contributed by atoms with E-state index in [1.54, 1.807) is 0 Å². The number of carboxylic acids is 1. The fraction of sp³-hybridized carbons (Fsp3) is 0.861. The second-order valence-corrected chi connectivity index (χ2v) is 14.2. The molecule has 0 aliphatic carbocycles. The van der Waals surface area contributed by atoms with Gasteiger partial charge in [-0.15, -0.1) is 0 Å². The number of carbonyl (C=O) groups excluding carboxylic acids is 2. The van der Waals surface area contributed by atoms with E-state index in [0.717, 1.165) is 57.8 Å². The Balaban J connectivity index is 4.41. The third-order valence-electron chi connectivity index (χ3n) is 8.01. The van der Waals surface area contributed by atoms with Crippen LogP contribution < -0.4 is 5.73 Å². The largest absolute Gasteiger partial charge is 0.480 e. The van der Waals surface area contributed by atoms with Crippen LogP contribution in [0.1, 0.15) is 168 Å². The van der Waals surface area contributed by atoms with Gasteiger partial charge in [-0.2, -0.15) is 0 Å². The van der Waals surface area contributed by atoms with Crippen molar-refractivity contribution < 1.29 is 47.5 Å². The molecule has 48 heavy (non-hydrogen) atoms. The lowest BCUT2D eigenvalue weighted by Gasteiger charge is -2.20. The zero-order valence-corrected chi connectivity index (χ0v) is 31.0. The third-order valence-corrected chi connectivity index (χ3v) is 8.96. The number of hydrogen-bond donors (Lipinski definition) is 3. The molecule has 0 aromatic rings. The molecule has 0 amide bonds. The molecule has 0 heterocycles. The second-order valence-electron chi connectivity index (χ2n) is 12.7. The van der Waals surface area contributed by atoms with Crippen LogP contribution in [0.4, 0.5) is 0 Å². The number of phosphoric acid groups is 1. The Bertz CT molecular complexity index is 885. The number of nitrogens with two attached hydrogens (primary N) is 1. The molecule has 282 valence electrons. The van der Waals surface area contributed by atoms with Crippen LogP contribution >= 0.6 is 7.82 Å². The summed E-state index contributed by atoms with van der Waals surface area (Å²) in [5.74, 6) is -2.39. The lowest BCUT2D eigenvalue weighted by atomic mass is 10.1. The van der Waals surface area contributed by atoms with Crippen LogP contribution in [-0.2, 0) is 37.5 Å². The Morgan fingerprint density at radius 2 is 1.04 bits per heavy atom. The number of ether oxygens (including phenoxy) is 2. The summed E-state index contributed by atoms with van der Waals surface area (Å²) in [6, 6.07) is -1.52. The van der Waals surface area contributed by atoms with Gasteiger partial charge in [0.2, 0.25) is 0 Å². The second kappa shape index (κ2) is 32.4. The molecule has 0 aliphatic heterocycles. The molecule has 0 bridgehead atoms. The van der Waals surface area contributed by atoms with Crippen molar-refractivity contribution in [2.45, 2.75) is 180 Å². The van der Waals surface area contributed by atoms with E-state index < -0.39 is 51.1 Å². The minimum Gasteiger partial charge on any atom is -0.480 e. The molecular weight excluding hydrogens is 637 g/mol. The van der Waals surface area contributed by atoms with Crippen LogP contribution in [-0.4, -0.2) is 59.9 Å². The van der Waals surface area contributed by atoms with E-state index in [4.69, 9.17) is 24.8 Å². The van der Waals surface area contributed by atoms with Gasteiger partial charge in [-0.05, 0) is 38.5 Å². The molecule has 0 saturated carbocycles. The number of aliphatic carboxylic acids is 1. The van der Waals surface area contributed by atoms with Crippen LogP contribution in [0.5, 0.6) is 0 Å². The van der Waals surface area contributed by atoms with E-state index in [0.29, 0.717) is 12.8 Å². The van der Waals surface area contributed by atoms with Crippen LogP contribution in [0, 0.1) is 0 Å². The maximum absolute atomic E-state index is 12.5. The molecule has 0 spiro atoms. The number of hydrogen-bond acceptors (Lipinski definition) is 9. The van der Waals surface area contributed by atoms with E-state index in [1.807, 2.05) is 0 Å². The highest BCUT2D eigenvalue weighted by Crippen LogP contribution is 2.43. The first-order valence-corrected chi connectivity index (χ1v) is 20.2. The topological polar surface area (TPSA) is 172 Å². The van der Waals surface area contributed by atoms with Crippen LogP contribution in [0.3, 0.4) is 0 Å². The average Bonchev–Trinajstić information content (AvgIpc) is 3.05. The highest BCUT2D eigenvalue weighted by molar-refractivity contribution is 7.47. The predicted molar refractivity (Wildman–Crippen MR) is 189 cm³/mol. The molecule has 0 saturated heterocycles. The predicted octanol–water partition coefficient (Wildman–Crippen LogP) is 8.95. The molecule has 0 radical (unpaired) electrons. The number of phosphoric ester groups is 1. The molecule has 12 heteroatoms. The first-order chi connectivity index (χ1) is 23.1. The molecule has 0 aromatic carbocycles. The number of esters is 2. The fourth-order valence-electron chi connectivity index (χ4n) is 5.00. The SMILES string of the molecule is CCCCCCCCC/C=C\CCCCCCCC(=O)OC(COC(=O)CCCCCCCCCC)COP(=O)(O)OCC(N)C(=O)O. The number of allylic oxidation sites excluding steroid dienone is 2. The Morgan fingerprint density at radius 1 is 0.625 bits per heavy atom. The minimum atomic E-state index is -4.70. The minimum absolute atomic E-state index is 0.155. The van der Waals surface area contributed by atoms with Crippen LogP contribution in [0.15, 0.2) is 12.2 Å². The Hall–Kier alpha value is -1.78. The van der Waals surface area contributed by atoms with Gasteiger partial charge < -0.3 is 25.2 Å². The standard InChI is InChI=1S/C36H68NO10P/c1-3-5-7-9-11-13-14-15-16-17-18-19-20-22-24-26-28-35(39)47-32(30-45-48(42,43)46-31-33(37)36(40)41)29-44-34(38)27-25-23-21-12-10-8-6-4-2/h16-17,32-33H,3-15,18-31,37H2,1-2H3,(H,40,41)(H,42,43)/b17-16-. The summed E-state index contributed by atoms with van der Waals surface area (Å²) < 4.78 is 32.4. The van der Waals surface area contributed by atoms with Crippen molar-refractivity contribution in [1.29, 1.82) is 0 Å². The first kappa shape index (κ1) is 46.2. The molecule has 0 rings (SSSR count). The van der Waals surface area contributed by atoms with E-state index >= 15 is 0 Å². The van der Waals surface area contributed by atoms with Crippen molar-refractivity contribution in [2.24, 2.45) is 5.73 Å². The quantitative estimate of drug-likeness (QED) is 0.0249. The van der Waals surface area contributed by atoms with Crippen molar-refractivity contribution >= 4 is 25.7 Å². The molecular formula is C36H68NO10P. The molecule has 3 unspecified atom stereocenters. The van der Waals surface area contributed by atoms with Gasteiger partial charge in [-0.1, -0.05) is 129 Å². The third kappa shape index (κ3) is 31.5. The summed E-state index contributed by atoms with van der Waals surface area (Å²) >= 11 is 0. The molecule has 4 N–H and O–H groups in total. The smallest absolute Gasteiger partial charge is 0.472 e. The molecule has 0 aromatic heterocycles. The Morgan fingerprint density at radius 3 is 1.52 bits per heavy atom. The molecule has 0 fully saturated rings. The number of rotatable bonds is 35. The summed E-state index contributed by atoms with van der Waals surface area (Å²) in [7, 11) is -4.70. The number of carboxylic acid groups (broad SMARTS) is 1. The summed E-state index contributed by atoms with van der Waals surface area (Å²) in [6.07, 6.45) is 28.7. The molecule has 0 aliphatic rings. The van der Waals surface area contributed by atoms with E-state index in [-0.39, 0.29) is 19.4 Å². The zero-order valence-electron chi connectivity index (χ0n) is 30.1. The van der Waals surface area contributed by atoms with Crippen molar-refractivity contribution in [3.05, 3.63) is 12.2 Å². The normalized spacial score (nSPS) is 14.1. The first-order valence-electron chi connectivity index (χ1n) is 18.7. The zero-order chi connectivity index (χ0) is 35.7. The van der Waals surface area contributed by atoms with E-state index in [1.165, 1.54) is 70.6 Å². The summed E-state index contributed by atoms with van der Waals surface area (Å²) in [5.41, 5.74) is 5.30. The lowest BCUT2D eigenvalue weighted by molar-refractivity contribution is -0.161. The van der Waals surface area contributed by atoms with Crippen molar-refractivity contribution in [1.82, 2.24) is 0 Å². The van der Waals surface area contributed by atoms with Gasteiger partial charge in [-0.3, -0.25) is 23.4 Å². The summed E-state index contributed by atoms with van der Waals surface area (Å²) in [5, 5.41) is 8.84. The van der Waals surface area contributed by atoms with Crippen molar-refractivity contribution in [2.75, 3.05) is 19.8 Å². The van der Waals surface area contributed by atoms with Crippen LogP contribution in [0.2, 0.25) is 0 Å². The maximum Gasteiger partial charge on any atom is 0.472 e. The van der Waals surface area contributed by atoms with Gasteiger partial charge in [-0.25, -0.2) is 4.57 Å². The van der Waals surface area contributed by atoms with Crippen molar-refractivity contribution in [3.63, 3.8) is 0 Å². The summed E-state index contributed by atoms with van der Waals surface area (Å²) in [4.78, 5) is 45.6. The number of unbranched alkanes of at least 4 members (excludes halogenated alkanes) is 19. The highest BCUT2D eigenvalue weighted by Gasteiger charge is 2.28. The van der Waals surface area contributed by atoms with Gasteiger partial charge >= 0.3 is 25.7 Å². The molecule has 3 atom stereocenters. The lowest BCUT2D eigenvalue weighted by Crippen LogP contribution is -2.34. The van der Waals surface area contributed by atoms with Crippen LogP contribution in [0.25, 0.3) is 0 Å². The van der Waals surface area contributed by atoms with E-state index in [2.05, 4.69) is 30.5 Å². The van der Waals surface area contributed by atoms with Gasteiger partial charge in [0.15, 0.2) is 6.10 Å². The van der Waals surface area contributed by atoms with Gasteiger partial charge in [0.1, 0.15) is 12.6 Å². The Labute approximate surface area is 290 Å².